The number of carbonyl (C=O) groups excluding carboxylic acids is 1. The minimum Gasteiger partial charge on any atom is -0.445 e. The van der Waals surface area contributed by atoms with Gasteiger partial charge in [0.2, 0.25) is 0 Å². The van der Waals surface area contributed by atoms with Crippen molar-refractivity contribution in [3.8, 4) is 0 Å². The minimum absolute atomic E-state index is 0.0353. The molecule has 2 heterocycles. The normalized spacial score (nSPS) is 21.5. The van der Waals surface area contributed by atoms with Crippen LogP contribution in [0.1, 0.15) is 17.7 Å². The highest BCUT2D eigenvalue weighted by Crippen LogP contribution is 2.23. The van der Waals surface area contributed by atoms with Crippen molar-refractivity contribution in [1.82, 2.24) is 15.1 Å². The van der Waals surface area contributed by atoms with Gasteiger partial charge >= 0.3 is 6.09 Å². The van der Waals surface area contributed by atoms with Crippen molar-refractivity contribution in [2.24, 2.45) is 0 Å². The first-order valence-corrected chi connectivity index (χ1v) is 7.00. The van der Waals surface area contributed by atoms with Crippen LogP contribution in [0, 0.1) is 0 Å². The van der Waals surface area contributed by atoms with Gasteiger partial charge in [-0.2, -0.15) is 5.10 Å². The van der Waals surface area contributed by atoms with E-state index in [2.05, 4.69) is 16.8 Å². The van der Waals surface area contributed by atoms with Gasteiger partial charge in [-0.05, 0) is 18.4 Å². The number of β-amino-alcohol motifs (C(OH)–C–C–N with tert-alkyl or cyclic N) is 1. The zero-order valence-electron chi connectivity index (χ0n) is 11.9. The number of ether oxygens (including phenoxy) is 1. The molecule has 2 unspecified atom stereocenters. The zero-order valence-corrected chi connectivity index (χ0v) is 11.9. The van der Waals surface area contributed by atoms with Gasteiger partial charge in [0.1, 0.15) is 6.61 Å². The molecule has 1 aromatic heterocycles. The van der Waals surface area contributed by atoms with Crippen molar-refractivity contribution in [3.63, 3.8) is 0 Å². The summed E-state index contributed by atoms with van der Waals surface area (Å²) in [6.07, 6.45) is 3.80. The number of hydrogen-bond donors (Lipinski definition) is 3. The Balaban J connectivity index is 2.04. The number of aromatic amines is 1. The number of H-pyrrole nitrogens is 1. The first kappa shape index (κ1) is 15.5. The monoisotopic (exact) mass is 295 g/mol. The van der Waals surface area contributed by atoms with Gasteiger partial charge in [0, 0.05) is 24.8 Å². The lowest BCUT2D eigenvalue weighted by molar-refractivity contribution is 0.102. The first-order chi connectivity index (χ1) is 10.2. The van der Waals surface area contributed by atoms with Gasteiger partial charge in [-0.25, -0.2) is 4.79 Å². The van der Waals surface area contributed by atoms with E-state index in [1.54, 1.807) is 11.1 Å². The summed E-state index contributed by atoms with van der Waals surface area (Å²) in [7, 11) is 0. The van der Waals surface area contributed by atoms with Crippen LogP contribution in [-0.4, -0.2) is 63.3 Å². The molecule has 3 N–H and O–H groups in total. The quantitative estimate of drug-likeness (QED) is 0.653. The van der Waals surface area contributed by atoms with E-state index in [0.717, 1.165) is 11.3 Å². The van der Waals surface area contributed by atoms with Crippen LogP contribution in [0.15, 0.2) is 18.9 Å². The Hall–Kier alpha value is -1.86. The highest BCUT2D eigenvalue weighted by atomic mass is 16.6. The second-order valence-electron chi connectivity index (χ2n) is 5.11. The molecule has 2 rings (SSSR count). The fourth-order valence-corrected chi connectivity index (χ4v) is 2.62. The molecule has 0 radical (unpaired) electrons. The maximum absolute atomic E-state index is 12.0. The van der Waals surface area contributed by atoms with E-state index in [9.17, 15) is 9.90 Å². The molecule has 116 valence electrons. The van der Waals surface area contributed by atoms with E-state index in [-0.39, 0.29) is 25.8 Å². The number of nitrogens with one attached hydrogen (secondary N) is 1. The van der Waals surface area contributed by atoms with Crippen LogP contribution >= 0.6 is 0 Å². The average molecular weight is 295 g/mol. The van der Waals surface area contributed by atoms with Gasteiger partial charge in [-0.15, -0.1) is 0 Å². The Morgan fingerprint density at radius 3 is 3.19 bits per heavy atom. The molecule has 7 nitrogen and oxygen atoms in total. The molecular formula is C14H21N3O4. The SMILES string of the molecule is C=CCOC(=O)N1CC(O)CC1Cc1cn[nH]c1CCO. The third kappa shape index (κ3) is 3.83. The Labute approximate surface area is 123 Å². The van der Waals surface area contributed by atoms with Gasteiger partial charge in [0.15, 0.2) is 0 Å². The number of hydrogen-bond acceptors (Lipinski definition) is 5. The topological polar surface area (TPSA) is 98.7 Å². The summed E-state index contributed by atoms with van der Waals surface area (Å²) in [5.41, 5.74) is 1.81. The molecule has 1 aromatic rings. The summed E-state index contributed by atoms with van der Waals surface area (Å²) >= 11 is 0. The fourth-order valence-electron chi connectivity index (χ4n) is 2.62. The lowest BCUT2D eigenvalue weighted by Crippen LogP contribution is -2.37. The first-order valence-electron chi connectivity index (χ1n) is 7.00. The number of aromatic nitrogens is 2. The summed E-state index contributed by atoms with van der Waals surface area (Å²) in [5, 5.41) is 25.7. The van der Waals surface area contributed by atoms with E-state index in [1.165, 1.54) is 6.08 Å². The number of carbonyl (C=O) groups is 1. The third-order valence-corrected chi connectivity index (χ3v) is 3.58. The van der Waals surface area contributed by atoms with Gasteiger partial charge in [0.05, 0.1) is 18.8 Å². The Bertz CT molecular complexity index is 488. The van der Waals surface area contributed by atoms with E-state index in [4.69, 9.17) is 9.84 Å². The molecule has 0 saturated carbocycles. The van der Waals surface area contributed by atoms with Gasteiger partial charge in [-0.1, -0.05) is 12.7 Å². The summed E-state index contributed by atoms with van der Waals surface area (Å²) in [4.78, 5) is 13.5. The van der Waals surface area contributed by atoms with Crippen LogP contribution in [-0.2, 0) is 17.6 Å². The maximum Gasteiger partial charge on any atom is 0.410 e. The average Bonchev–Trinajstić information content (AvgIpc) is 3.04. The smallest absolute Gasteiger partial charge is 0.410 e. The Kier molecular flexibility index (Phi) is 5.35. The van der Waals surface area contributed by atoms with Crippen LogP contribution in [0.2, 0.25) is 0 Å². The van der Waals surface area contributed by atoms with Crippen molar-refractivity contribution in [2.75, 3.05) is 19.8 Å². The standard InChI is InChI=1S/C14H21N3O4/c1-2-5-21-14(20)17-9-12(19)7-11(17)6-10-8-15-16-13(10)3-4-18/h2,8,11-12,18-19H,1,3-7,9H2,(H,15,16). The van der Waals surface area contributed by atoms with Crippen molar-refractivity contribution >= 4 is 6.09 Å². The molecule has 1 aliphatic rings. The number of likely N-dealkylation sites (tertiary alicyclic amines) is 1. The zero-order chi connectivity index (χ0) is 15.2. The molecule has 0 aliphatic carbocycles. The summed E-state index contributed by atoms with van der Waals surface area (Å²) < 4.78 is 5.04. The lowest BCUT2D eigenvalue weighted by atomic mass is 10.0. The number of aliphatic hydroxyl groups is 2. The van der Waals surface area contributed by atoms with E-state index >= 15 is 0 Å². The maximum atomic E-state index is 12.0. The van der Waals surface area contributed by atoms with Gasteiger partial charge in [-0.3, -0.25) is 5.10 Å². The number of aliphatic hydroxyl groups excluding tert-OH is 2. The Morgan fingerprint density at radius 2 is 2.48 bits per heavy atom. The van der Waals surface area contributed by atoms with Crippen LogP contribution in [0.25, 0.3) is 0 Å². The van der Waals surface area contributed by atoms with Crippen molar-refractivity contribution in [2.45, 2.75) is 31.4 Å². The van der Waals surface area contributed by atoms with Crippen LogP contribution in [0.4, 0.5) is 4.79 Å². The molecule has 1 amide bonds. The van der Waals surface area contributed by atoms with Crippen molar-refractivity contribution < 1.29 is 19.7 Å². The second kappa shape index (κ2) is 7.24. The summed E-state index contributed by atoms with van der Waals surface area (Å²) in [6, 6.07) is -0.132. The van der Waals surface area contributed by atoms with Crippen LogP contribution in [0.5, 0.6) is 0 Å². The molecule has 0 bridgehead atoms. The number of rotatable bonds is 6. The molecule has 1 aliphatic heterocycles. The van der Waals surface area contributed by atoms with E-state index in [0.29, 0.717) is 19.3 Å². The van der Waals surface area contributed by atoms with Gasteiger partial charge in [0.25, 0.3) is 0 Å². The van der Waals surface area contributed by atoms with Gasteiger partial charge < -0.3 is 19.8 Å². The lowest BCUT2D eigenvalue weighted by Gasteiger charge is -2.23. The summed E-state index contributed by atoms with van der Waals surface area (Å²) in [6.45, 7) is 3.96. The molecular weight excluding hydrogens is 274 g/mol. The van der Waals surface area contributed by atoms with Crippen LogP contribution in [0.3, 0.4) is 0 Å². The molecule has 1 fully saturated rings. The largest absolute Gasteiger partial charge is 0.445 e. The highest BCUT2D eigenvalue weighted by molar-refractivity contribution is 5.68. The molecule has 1 saturated heterocycles. The predicted octanol–water partition coefficient (Wildman–Crippen LogP) is 0.245. The molecule has 0 spiro atoms. The van der Waals surface area contributed by atoms with Crippen molar-refractivity contribution in [1.29, 1.82) is 0 Å². The highest BCUT2D eigenvalue weighted by Gasteiger charge is 2.35. The summed E-state index contributed by atoms with van der Waals surface area (Å²) in [5.74, 6) is 0. The molecule has 7 heteroatoms. The molecule has 0 aromatic carbocycles. The molecule has 2 atom stereocenters. The third-order valence-electron chi connectivity index (χ3n) is 3.58. The minimum atomic E-state index is -0.542. The Morgan fingerprint density at radius 1 is 1.67 bits per heavy atom. The number of amides is 1. The van der Waals surface area contributed by atoms with E-state index in [1.807, 2.05) is 0 Å². The number of nitrogens with zero attached hydrogens (tertiary/aromatic N) is 2. The molecule has 21 heavy (non-hydrogen) atoms. The van der Waals surface area contributed by atoms with E-state index < -0.39 is 12.2 Å². The fraction of sp³-hybridized carbons (Fsp3) is 0.571. The second-order valence-corrected chi connectivity index (χ2v) is 5.11. The van der Waals surface area contributed by atoms with Crippen molar-refractivity contribution in [3.05, 3.63) is 30.1 Å². The predicted molar refractivity (Wildman–Crippen MR) is 75.7 cm³/mol. The van der Waals surface area contributed by atoms with Crippen LogP contribution < -0.4 is 0 Å².